The van der Waals surface area contributed by atoms with Gasteiger partial charge in [0.15, 0.2) is 17.2 Å². The number of fused-ring (bicyclic) bond motifs is 5. The van der Waals surface area contributed by atoms with E-state index in [4.69, 9.17) is 14.2 Å². The van der Waals surface area contributed by atoms with E-state index in [0.29, 0.717) is 30.8 Å². The number of urea groups is 1. The van der Waals surface area contributed by atoms with Gasteiger partial charge in [0.05, 0.1) is 11.7 Å². The Hall–Kier alpha value is -4.24. The van der Waals surface area contributed by atoms with Crippen LogP contribution in [0.25, 0.3) is 0 Å². The summed E-state index contributed by atoms with van der Waals surface area (Å²) in [5, 5.41) is 3.12. The van der Waals surface area contributed by atoms with Gasteiger partial charge in [-0.25, -0.2) is 4.79 Å². The number of piperazine rings is 1. The number of para-hydroxylation sites is 1. The van der Waals surface area contributed by atoms with Crippen molar-refractivity contribution in [3.8, 4) is 17.2 Å². The molecular formula is C30H30N4O5. The molecule has 39 heavy (non-hydrogen) atoms. The Morgan fingerprint density at radius 2 is 1.77 bits per heavy atom. The average Bonchev–Trinajstić information content (AvgIpc) is 3.41. The van der Waals surface area contributed by atoms with Gasteiger partial charge in [-0.05, 0) is 48.9 Å². The summed E-state index contributed by atoms with van der Waals surface area (Å²) < 4.78 is 17.3. The molecule has 9 heteroatoms. The van der Waals surface area contributed by atoms with Crippen molar-refractivity contribution in [2.24, 2.45) is 0 Å². The first-order valence-electron chi connectivity index (χ1n) is 13.4. The van der Waals surface area contributed by atoms with Crippen LogP contribution in [0.5, 0.6) is 17.2 Å². The summed E-state index contributed by atoms with van der Waals surface area (Å²) in [5.74, 6) is 2.31. The van der Waals surface area contributed by atoms with E-state index in [0.717, 1.165) is 48.0 Å². The van der Waals surface area contributed by atoms with Crippen molar-refractivity contribution in [1.29, 1.82) is 0 Å². The van der Waals surface area contributed by atoms with Crippen LogP contribution in [-0.2, 0) is 6.54 Å². The Bertz CT molecular complexity index is 1450. The van der Waals surface area contributed by atoms with Gasteiger partial charge in [-0.2, -0.15) is 0 Å². The van der Waals surface area contributed by atoms with Crippen LogP contribution in [0, 0.1) is 0 Å². The van der Waals surface area contributed by atoms with Crippen LogP contribution >= 0.6 is 0 Å². The Morgan fingerprint density at radius 3 is 2.64 bits per heavy atom. The fourth-order valence-corrected chi connectivity index (χ4v) is 6.08. The highest BCUT2D eigenvalue weighted by atomic mass is 16.7. The molecule has 200 valence electrons. The molecule has 0 radical (unpaired) electrons. The molecule has 2 bridgehead atoms. The minimum Gasteiger partial charge on any atom is -0.467 e. The van der Waals surface area contributed by atoms with Gasteiger partial charge in [0.25, 0.3) is 5.91 Å². The fraction of sp³-hybridized carbons (Fsp3) is 0.333. The molecule has 9 nitrogen and oxygen atoms in total. The van der Waals surface area contributed by atoms with Crippen molar-refractivity contribution < 1.29 is 23.8 Å². The SMILES string of the molecule is CC12CC(NC(=O)N1c1cccc(C(=O)N3CCN(Cc4ccc5c(c4)OCO5)CC3)c1)c1ccccc1O2. The quantitative estimate of drug-likeness (QED) is 0.550. The molecule has 2 unspecified atom stereocenters. The Kier molecular flexibility index (Phi) is 5.62. The van der Waals surface area contributed by atoms with Gasteiger partial charge in [0.1, 0.15) is 5.75 Å². The molecule has 1 N–H and O–H groups in total. The number of rotatable bonds is 4. The van der Waals surface area contributed by atoms with Crippen LogP contribution < -0.4 is 24.4 Å². The van der Waals surface area contributed by atoms with Crippen LogP contribution in [0.3, 0.4) is 0 Å². The number of hydrogen-bond donors (Lipinski definition) is 1. The molecule has 0 saturated carbocycles. The lowest BCUT2D eigenvalue weighted by Crippen LogP contribution is -2.65. The van der Waals surface area contributed by atoms with Crippen molar-refractivity contribution in [1.82, 2.24) is 15.1 Å². The predicted octanol–water partition coefficient (Wildman–Crippen LogP) is 4.14. The zero-order valence-corrected chi connectivity index (χ0v) is 21.8. The van der Waals surface area contributed by atoms with E-state index < -0.39 is 5.72 Å². The van der Waals surface area contributed by atoms with Crippen molar-refractivity contribution >= 4 is 17.6 Å². The highest BCUT2D eigenvalue weighted by molar-refractivity contribution is 5.99. The summed E-state index contributed by atoms with van der Waals surface area (Å²) in [7, 11) is 0. The molecule has 0 aliphatic carbocycles. The lowest BCUT2D eigenvalue weighted by Gasteiger charge is -2.50. The molecule has 0 aromatic heterocycles. The van der Waals surface area contributed by atoms with E-state index in [1.165, 1.54) is 0 Å². The third-order valence-corrected chi connectivity index (χ3v) is 8.03. The Balaban J connectivity index is 1.04. The molecular weight excluding hydrogens is 496 g/mol. The maximum Gasteiger partial charge on any atom is 0.325 e. The summed E-state index contributed by atoms with van der Waals surface area (Å²) in [4.78, 5) is 32.6. The van der Waals surface area contributed by atoms with Crippen LogP contribution in [0.4, 0.5) is 10.5 Å². The molecule has 4 aliphatic heterocycles. The van der Waals surface area contributed by atoms with Crippen LogP contribution in [0.15, 0.2) is 66.7 Å². The molecule has 2 atom stereocenters. The van der Waals surface area contributed by atoms with Crippen LogP contribution in [0.1, 0.15) is 40.9 Å². The number of carbonyl (C=O) groups excluding carboxylic acids is 2. The zero-order chi connectivity index (χ0) is 26.6. The van der Waals surface area contributed by atoms with E-state index in [1.807, 2.05) is 66.4 Å². The number of benzene rings is 3. The standard InChI is InChI=1S/C30H30N4O5/c1-30-17-24(23-7-2-3-8-25(23)39-30)31-29(36)34(30)22-6-4-5-21(16-22)28(35)33-13-11-32(12-14-33)18-20-9-10-26-27(15-20)38-19-37-26/h2-10,15-16,24H,11-14,17-19H2,1H3,(H,31,36). The first-order chi connectivity index (χ1) is 19.0. The van der Waals surface area contributed by atoms with E-state index in [-0.39, 0.29) is 24.8 Å². The van der Waals surface area contributed by atoms with Crippen LogP contribution in [-0.4, -0.2) is 60.4 Å². The Labute approximate surface area is 226 Å². The molecule has 4 aliphatic rings. The van der Waals surface area contributed by atoms with Gasteiger partial charge in [0.2, 0.25) is 6.79 Å². The second-order valence-electron chi connectivity index (χ2n) is 10.7. The second-order valence-corrected chi connectivity index (χ2v) is 10.7. The van der Waals surface area contributed by atoms with E-state index in [9.17, 15) is 9.59 Å². The molecule has 3 aromatic rings. The first kappa shape index (κ1) is 23.8. The zero-order valence-electron chi connectivity index (χ0n) is 21.8. The van der Waals surface area contributed by atoms with Gasteiger partial charge in [-0.1, -0.05) is 30.3 Å². The maximum absolute atomic E-state index is 13.5. The van der Waals surface area contributed by atoms with E-state index in [1.54, 1.807) is 11.0 Å². The van der Waals surface area contributed by atoms with E-state index >= 15 is 0 Å². The molecule has 2 saturated heterocycles. The number of nitrogens with one attached hydrogen (secondary N) is 1. The van der Waals surface area contributed by atoms with Crippen molar-refractivity contribution in [3.63, 3.8) is 0 Å². The molecule has 3 amide bonds. The van der Waals surface area contributed by atoms with Crippen molar-refractivity contribution in [2.45, 2.75) is 31.7 Å². The fourth-order valence-electron chi connectivity index (χ4n) is 6.08. The number of carbonyl (C=O) groups is 2. The van der Waals surface area contributed by atoms with Gasteiger partial charge in [-0.3, -0.25) is 14.6 Å². The van der Waals surface area contributed by atoms with Gasteiger partial charge >= 0.3 is 6.03 Å². The number of amides is 3. The normalized spacial score (nSPS) is 23.6. The largest absolute Gasteiger partial charge is 0.467 e. The Morgan fingerprint density at radius 1 is 0.949 bits per heavy atom. The summed E-state index contributed by atoms with van der Waals surface area (Å²) >= 11 is 0. The average molecular weight is 527 g/mol. The monoisotopic (exact) mass is 526 g/mol. The summed E-state index contributed by atoms with van der Waals surface area (Å²) in [6.45, 7) is 5.82. The van der Waals surface area contributed by atoms with Crippen LogP contribution in [0.2, 0.25) is 0 Å². The number of ether oxygens (including phenoxy) is 3. The third-order valence-electron chi connectivity index (χ3n) is 8.03. The lowest BCUT2D eigenvalue weighted by molar-refractivity contribution is 0.0378. The van der Waals surface area contributed by atoms with Crippen molar-refractivity contribution in [2.75, 3.05) is 37.9 Å². The maximum atomic E-state index is 13.5. The third kappa shape index (κ3) is 4.23. The lowest BCUT2D eigenvalue weighted by atomic mass is 9.90. The van der Waals surface area contributed by atoms with Gasteiger partial charge in [0, 0.05) is 50.3 Å². The second kappa shape index (κ2) is 9.20. The minimum absolute atomic E-state index is 0.0325. The summed E-state index contributed by atoms with van der Waals surface area (Å²) in [5.41, 5.74) is 2.49. The molecule has 3 aromatic carbocycles. The number of nitrogens with zero attached hydrogens (tertiary/aromatic N) is 3. The van der Waals surface area contributed by atoms with E-state index in [2.05, 4.69) is 16.3 Å². The summed E-state index contributed by atoms with van der Waals surface area (Å²) in [6, 6.07) is 20.8. The number of anilines is 1. The topological polar surface area (TPSA) is 83.6 Å². The van der Waals surface area contributed by atoms with Crippen molar-refractivity contribution in [3.05, 3.63) is 83.4 Å². The first-order valence-corrected chi connectivity index (χ1v) is 13.4. The van der Waals surface area contributed by atoms with Gasteiger partial charge in [-0.15, -0.1) is 0 Å². The predicted molar refractivity (Wildman–Crippen MR) is 144 cm³/mol. The highest BCUT2D eigenvalue weighted by Gasteiger charge is 2.49. The molecule has 0 spiro atoms. The minimum atomic E-state index is -0.858. The van der Waals surface area contributed by atoms with Gasteiger partial charge < -0.3 is 24.4 Å². The summed E-state index contributed by atoms with van der Waals surface area (Å²) in [6.07, 6.45) is 0.610. The molecule has 7 rings (SSSR count). The smallest absolute Gasteiger partial charge is 0.325 e. The molecule has 4 heterocycles. The molecule has 2 fully saturated rings. The highest BCUT2D eigenvalue weighted by Crippen LogP contribution is 2.45. The number of hydrogen-bond acceptors (Lipinski definition) is 6.